The van der Waals surface area contributed by atoms with Gasteiger partial charge in [-0.3, -0.25) is 4.68 Å². The third kappa shape index (κ3) is 4.60. The predicted octanol–water partition coefficient (Wildman–Crippen LogP) is 4.71. The summed E-state index contributed by atoms with van der Waals surface area (Å²) in [6.07, 6.45) is 9.43. The number of hydrogen-bond donors (Lipinski definition) is 0. The van der Waals surface area contributed by atoms with Gasteiger partial charge in [0.15, 0.2) is 0 Å². The summed E-state index contributed by atoms with van der Waals surface area (Å²) in [7, 11) is 3.71. The fourth-order valence-electron chi connectivity index (χ4n) is 4.57. The Bertz CT molecular complexity index is 1190. The zero-order valence-corrected chi connectivity index (χ0v) is 21.5. The molecule has 1 fully saturated rings. The highest BCUT2D eigenvalue weighted by atomic mass is 16.6. The van der Waals surface area contributed by atoms with Crippen LogP contribution in [0.3, 0.4) is 0 Å². The Labute approximate surface area is 201 Å². The molecule has 0 aromatic carbocycles. The number of nitrogens with zero attached hydrogens (tertiary/aromatic N) is 6. The van der Waals surface area contributed by atoms with Crippen molar-refractivity contribution in [2.45, 2.75) is 78.0 Å². The molecule has 2 atom stereocenters. The third-order valence-corrected chi connectivity index (χ3v) is 7.04. The van der Waals surface area contributed by atoms with Gasteiger partial charge < -0.3 is 14.4 Å². The fraction of sp³-hybridized carbons (Fsp3) is 0.600. The van der Waals surface area contributed by atoms with Crippen LogP contribution >= 0.6 is 0 Å². The van der Waals surface area contributed by atoms with Crippen molar-refractivity contribution >= 4 is 11.6 Å². The van der Waals surface area contributed by atoms with Crippen molar-refractivity contribution in [2.24, 2.45) is 12.5 Å². The molecule has 3 heterocycles. The Balaban J connectivity index is 1.59. The van der Waals surface area contributed by atoms with Gasteiger partial charge in [-0.05, 0) is 53.0 Å². The van der Waals surface area contributed by atoms with Gasteiger partial charge in [0.25, 0.3) is 0 Å². The van der Waals surface area contributed by atoms with Gasteiger partial charge in [0, 0.05) is 37.3 Å². The zero-order chi connectivity index (χ0) is 24.9. The van der Waals surface area contributed by atoms with Crippen LogP contribution in [-0.4, -0.2) is 59.7 Å². The number of amides is 1. The molecule has 1 amide bonds. The van der Waals surface area contributed by atoms with E-state index in [0.29, 0.717) is 5.88 Å². The number of rotatable bonds is 4. The number of carbonyl (C=O) groups is 1. The van der Waals surface area contributed by atoms with E-state index in [1.54, 1.807) is 26.5 Å². The first-order chi connectivity index (χ1) is 15.8. The molecule has 1 aliphatic rings. The average Bonchev–Trinajstić information content (AvgIpc) is 3.37. The second-order valence-electron chi connectivity index (χ2n) is 11.2. The molecule has 0 bridgehead atoms. The smallest absolute Gasteiger partial charge is 0.410 e. The molecular weight excluding hydrogens is 432 g/mol. The monoisotopic (exact) mass is 468 g/mol. The van der Waals surface area contributed by atoms with E-state index in [2.05, 4.69) is 31.0 Å². The van der Waals surface area contributed by atoms with Gasteiger partial charge in [-0.1, -0.05) is 13.8 Å². The van der Waals surface area contributed by atoms with Crippen LogP contribution < -0.4 is 4.74 Å². The van der Waals surface area contributed by atoms with Crippen LogP contribution in [0.2, 0.25) is 0 Å². The molecule has 34 heavy (non-hydrogen) atoms. The second kappa shape index (κ2) is 8.29. The quantitative estimate of drug-likeness (QED) is 0.551. The number of fused-ring (bicyclic) bond motifs is 1. The normalized spacial score (nSPS) is 22.5. The number of aromatic nitrogens is 5. The molecule has 1 unspecified atom stereocenters. The second-order valence-corrected chi connectivity index (χ2v) is 11.2. The van der Waals surface area contributed by atoms with Crippen LogP contribution in [0.15, 0.2) is 30.9 Å². The predicted molar refractivity (Wildman–Crippen MR) is 130 cm³/mol. The van der Waals surface area contributed by atoms with Crippen LogP contribution in [0.1, 0.15) is 60.8 Å². The Morgan fingerprint density at radius 1 is 1.21 bits per heavy atom. The van der Waals surface area contributed by atoms with Crippen LogP contribution in [-0.2, 0) is 11.8 Å². The van der Waals surface area contributed by atoms with Crippen molar-refractivity contribution in [2.75, 3.05) is 7.05 Å². The van der Waals surface area contributed by atoms with Gasteiger partial charge in [0.1, 0.15) is 16.7 Å². The summed E-state index contributed by atoms with van der Waals surface area (Å²) in [6.45, 7) is 12.2. The van der Waals surface area contributed by atoms with Crippen molar-refractivity contribution in [1.82, 2.24) is 29.3 Å². The van der Waals surface area contributed by atoms with E-state index < -0.39 is 11.2 Å². The lowest BCUT2D eigenvalue weighted by Gasteiger charge is -2.51. The first kappa shape index (κ1) is 24.0. The van der Waals surface area contributed by atoms with E-state index in [1.807, 2.05) is 53.3 Å². The van der Waals surface area contributed by atoms with E-state index in [-0.39, 0.29) is 17.6 Å². The Kier molecular flexibility index (Phi) is 5.86. The summed E-state index contributed by atoms with van der Waals surface area (Å²) in [5.41, 5.74) is 1.24. The highest BCUT2D eigenvalue weighted by molar-refractivity contribution is 5.68. The maximum atomic E-state index is 12.7. The minimum Gasteiger partial charge on any atom is -0.469 e. The standard InChI is InChI=1S/C25H36N6O3/c1-23(2,3)34-22(32)30(8)18-9-11-25(6,24(4,5)13-18)33-21-20-10-12-26-31(20)16-19(28-21)17-14-27-29(7)15-17/h10,12,14-16,18H,9,11,13H2,1-8H3/t18?,25-/m1/s1. The van der Waals surface area contributed by atoms with Crippen LogP contribution in [0, 0.1) is 5.41 Å². The Morgan fingerprint density at radius 3 is 2.56 bits per heavy atom. The topological polar surface area (TPSA) is 86.8 Å². The molecular formula is C25H36N6O3. The van der Waals surface area contributed by atoms with Gasteiger partial charge in [-0.15, -0.1) is 0 Å². The van der Waals surface area contributed by atoms with E-state index in [9.17, 15) is 4.79 Å². The molecule has 0 aliphatic heterocycles. The summed E-state index contributed by atoms with van der Waals surface area (Å²) >= 11 is 0. The summed E-state index contributed by atoms with van der Waals surface area (Å²) in [5.74, 6) is 0.549. The van der Waals surface area contributed by atoms with Gasteiger partial charge >= 0.3 is 6.09 Å². The first-order valence-corrected chi connectivity index (χ1v) is 11.8. The molecule has 1 saturated carbocycles. The van der Waals surface area contributed by atoms with Crippen molar-refractivity contribution < 1.29 is 14.3 Å². The summed E-state index contributed by atoms with van der Waals surface area (Å²) in [4.78, 5) is 19.3. The zero-order valence-electron chi connectivity index (χ0n) is 21.5. The van der Waals surface area contributed by atoms with Crippen LogP contribution in [0.4, 0.5) is 4.79 Å². The molecule has 3 aromatic heterocycles. The summed E-state index contributed by atoms with van der Waals surface area (Å²) < 4.78 is 15.9. The van der Waals surface area contributed by atoms with E-state index in [4.69, 9.17) is 14.5 Å². The Hall–Kier alpha value is -3.10. The van der Waals surface area contributed by atoms with Crippen LogP contribution in [0.25, 0.3) is 16.8 Å². The molecule has 4 rings (SSSR count). The molecule has 0 saturated heterocycles. The number of carbonyl (C=O) groups excluding carboxylic acids is 1. The molecule has 9 heteroatoms. The SMILES string of the molecule is CN(C(=O)OC(C)(C)C)C1CC[C@@](C)(Oc2nc(-c3cnn(C)c3)cn3nccc23)C(C)(C)C1. The lowest BCUT2D eigenvalue weighted by atomic mass is 9.64. The molecule has 0 spiro atoms. The van der Waals surface area contributed by atoms with E-state index >= 15 is 0 Å². The van der Waals surface area contributed by atoms with Crippen molar-refractivity contribution in [3.05, 3.63) is 30.9 Å². The van der Waals surface area contributed by atoms with Gasteiger partial charge in [0.2, 0.25) is 5.88 Å². The minimum absolute atomic E-state index is 0.0752. The maximum absolute atomic E-state index is 12.7. The molecule has 9 nitrogen and oxygen atoms in total. The fourth-order valence-corrected chi connectivity index (χ4v) is 4.57. The van der Waals surface area contributed by atoms with Gasteiger partial charge in [-0.2, -0.15) is 10.2 Å². The van der Waals surface area contributed by atoms with Crippen LogP contribution in [0.5, 0.6) is 5.88 Å². The van der Waals surface area contributed by atoms with Crippen molar-refractivity contribution in [3.8, 4) is 17.1 Å². The number of aryl methyl sites for hydroxylation is 1. The lowest BCUT2D eigenvalue weighted by Crippen LogP contribution is -2.56. The highest BCUT2D eigenvalue weighted by Gasteiger charge is 2.50. The molecule has 184 valence electrons. The Morgan fingerprint density at radius 2 is 1.94 bits per heavy atom. The summed E-state index contributed by atoms with van der Waals surface area (Å²) in [6, 6.07) is 1.99. The number of hydrogen-bond acceptors (Lipinski definition) is 6. The molecule has 1 aliphatic carbocycles. The van der Waals surface area contributed by atoms with Crippen molar-refractivity contribution in [1.29, 1.82) is 0 Å². The van der Waals surface area contributed by atoms with E-state index in [1.165, 1.54) is 0 Å². The summed E-state index contributed by atoms with van der Waals surface area (Å²) in [5, 5.41) is 8.69. The third-order valence-electron chi connectivity index (χ3n) is 7.04. The molecule has 3 aromatic rings. The molecule has 0 N–H and O–H groups in total. The van der Waals surface area contributed by atoms with Gasteiger partial charge in [0.05, 0.1) is 24.3 Å². The highest BCUT2D eigenvalue weighted by Crippen LogP contribution is 2.48. The number of ether oxygens (including phenoxy) is 2. The van der Waals surface area contributed by atoms with Gasteiger partial charge in [-0.25, -0.2) is 14.3 Å². The van der Waals surface area contributed by atoms with Crippen molar-refractivity contribution in [3.63, 3.8) is 0 Å². The maximum Gasteiger partial charge on any atom is 0.410 e. The minimum atomic E-state index is -0.519. The molecule has 0 radical (unpaired) electrons. The lowest BCUT2D eigenvalue weighted by molar-refractivity contribution is -0.0837. The van der Waals surface area contributed by atoms with E-state index in [0.717, 1.165) is 36.0 Å². The largest absolute Gasteiger partial charge is 0.469 e. The average molecular weight is 469 g/mol. The first-order valence-electron chi connectivity index (χ1n) is 11.8.